The van der Waals surface area contributed by atoms with Crippen molar-refractivity contribution in [1.29, 1.82) is 0 Å². The van der Waals surface area contributed by atoms with Crippen molar-refractivity contribution in [2.45, 2.75) is 6.42 Å². The standard InChI is InChI=1S/C18H15FN2O2/c19-14-7-5-12(6-8-14)9-10-20-18(23)16-11-13-3-1-2-4-15(13)17(22)21-16/h1-8,11H,9-10H2,(H,20,23)(H,21,22). The first kappa shape index (κ1) is 15.0. The third-order valence-corrected chi connectivity index (χ3v) is 3.61. The molecule has 23 heavy (non-hydrogen) atoms. The van der Waals surface area contributed by atoms with Crippen molar-refractivity contribution in [3.05, 3.63) is 82.0 Å². The molecule has 2 aromatic carbocycles. The number of nitrogens with one attached hydrogen (secondary N) is 2. The van der Waals surface area contributed by atoms with E-state index in [1.165, 1.54) is 12.1 Å². The van der Waals surface area contributed by atoms with Gasteiger partial charge in [0.1, 0.15) is 11.5 Å². The van der Waals surface area contributed by atoms with Crippen LogP contribution in [0.2, 0.25) is 0 Å². The van der Waals surface area contributed by atoms with Gasteiger partial charge in [0.25, 0.3) is 11.5 Å². The van der Waals surface area contributed by atoms with E-state index in [2.05, 4.69) is 10.3 Å². The maximum Gasteiger partial charge on any atom is 0.267 e. The number of H-pyrrole nitrogens is 1. The zero-order valence-electron chi connectivity index (χ0n) is 12.3. The van der Waals surface area contributed by atoms with E-state index in [0.29, 0.717) is 18.4 Å². The van der Waals surface area contributed by atoms with Crippen LogP contribution in [-0.2, 0) is 6.42 Å². The summed E-state index contributed by atoms with van der Waals surface area (Å²) in [6.45, 7) is 0.402. The highest BCUT2D eigenvalue weighted by molar-refractivity contribution is 5.96. The number of aromatic amines is 1. The minimum Gasteiger partial charge on any atom is -0.350 e. The van der Waals surface area contributed by atoms with Gasteiger partial charge in [0, 0.05) is 11.9 Å². The number of fused-ring (bicyclic) bond motifs is 1. The van der Waals surface area contributed by atoms with Gasteiger partial charge >= 0.3 is 0 Å². The second-order valence-corrected chi connectivity index (χ2v) is 5.23. The maximum absolute atomic E-state index is 12.8. The molecule has 0 aliphatic carbocycles. The van der Waals surface area contributed by atoms with Gasteiger partial charge in [-0.05, 0) is 41.6 Å². The molecule has 1 heterocycles. The van der Waals surface area contributed by atoms with E-state index in [0.717, 1.165) is 10.9 Å². The zero-order valence-corrected chi connectivity index (χ0v) is 12.3. The van der Waals surface area contributed by atoms with Gasteiger partial charge in [0.15, 0.2) is 0 Å². The van der Waals surface area contributed by atoms with Gasteiger partial charge in [0.05, 0.1) is 0 Å². The number of amides is 1. The van der Waals surface area contributed by atoms with E-state index in [1.54, 1.807) is 36.4 Å². The van der Waals surface area contributed by atoms with Crippen LogP contribution in [0.1, 0.15) is 16.1 Å². The monoisotopic (exact) mass is 310 g/mol. The lowest BCUT2D eigenvalue weighted by atomic mass is 10.1. The molecule has 3 aromatic rings. The fourth-order valence-electron chi connectivity index (χ4n) is 2.40. The number of aromatic nitrogens is 1. The highest BCUT2D eigenvalue weighted by Gasteiger charge is 2.08. The van der Waals surface area contributed by atoms with Gasteiger partial charge in [-0.1, -0.05) is 30.3 Å². The van der Waals surface area contributed by atoms with Crippen LogP contribution >= 0.6 is 0 Å². The Kier molecular flexibility index (Phi) is 4.19. The van der Waals surface area contributed by atoms with E-state index in [1.807, 2.05) is 6.07 Å². The summed E-state index contributed by atoms with van der Waals surface area (Å²) in [5.41, 5.74) is 0.873. The number of hydrogen-bond acceptors (Lipinski definition) is 2. The van der Waals surface area contributed by atoms with Gasteiger partial charge in [0.2, 0.25) is 0 Å². The third-order valence-electron chi connectivity index (χ3n) is 3.61. The largest absolute Gasteiger partial charge is 0.350 e. The molecule has 0 bridgehead atoms. The number of benzene rings is 2. The SMILES string of the molecule is O=C(NCCc1ccc(F)cc1)c1cc2ccccc2c(=O)[nH]1. The second kappa shape index (κ2) is 6.44. The zero-order chi connectivity index (χ0) is 16.2. The van der Waals surface area contributed by atoms with Crippen LogP contribution < -0.4 is 10.9 Å². The summed E-state index contributed by atoms with van der Waals surface area (Å²) >= 11 is 0. The van der Waals surface area contributed by atoms with Crippen LogP contribution in [0.25, 0.3) is 10.8 Å². The molecule has 0 saturated carbocycles. The van der Waals surface area contributed by atoms with E-state index in [4.69, 9.17) is 0 Å². The molecule has 4 nitrogen and oxygen atoms in total. The summed E-state index contributed by atoms with van der Waals surface area (Å²) in [5, 5.41) is 4.02. The van der Waals surface area contributed by atoms with E-state index < -0.39 is 0 Å². The van der Waals surface area contributed by atoms with Gasteiger partial charge in [-0.2, -0.15) is 0 Å². The summed E-state index contributed by atoms with van der Waals surface area (Å²) in [5.74, 6) is -0.624. The Morgan fingerprint density at radius 2 is 1.83 bits per heavy atom. The fourth-order valence-corrected chi connectivity index (χ4v) is 2.40. The van der Waals surface area contributed by atoms with Crippen LogP contribution in [0.5, 0.6) is 0 Å². The van der Waals surface area contributed by atoms with Crippen LogP contribution in [0, 0.1) is 5.82 Å². The molecular weight excluding hydrogens is 295 g/mol. The molecule has 0 fully saturated rings. The quantitative estimate of drug-likeness (QED) is 0.778. The third kappa shape index (κ3) is 3.45. The van der Waals surface area contributed by atoms with Crippen LogP contribution in [0.4, 0.5) is 4.39 Å². The normalized spacial score (nSPS) is 10.7. The fraction of sp³-hybridized carbons (Fsp3) is 0.111. The molecule has 3 rings (SSSR count). The number of carbonyl (C=O) groups is 1. The van der Waals surface area contributed by atoms with E-state index in [9.17, 15) is 14.0 Å². The smallest absolute Gasteiger partial charge is 0.267 e. The van der Waals surface area contributed by atoms with Crippen molar-refractivity contribution in [2.24, 2.45) is 0 Å². The summed E-state index contributed by atoms with van der Waals surface area (Å²) in [4.78, 5) is 26.7. The molecule has 2 N–H and O–H groups in total. The number of halogens is 1. The van der Waals surface area contributed by atoms with Crippen molar-refractivity contribution in [1.82, 2.24) is 10.3 Å². The first-order valence-electron chi connectivity index (χ1n) is 7.28. The highest BCUT2D eigenvalue weighted by Crippen LogP contribution is 2.09. The van der Waals surface area contributed by atoms with E-state index >= 15 is 0 Å². The minimum absolute atomic E-state index is 0.229. The molecule has 0 aliphatic rings. The highest BCUT2D eigenvalue weighted by atomic mass is 19.1. The molecule has 1 aromatic heterocycles. The van der Waals surface area contributed by atoms with Crippen molar-refractivity contribution in [3.8, 4) is 0 Å². The summed E-state index contributed by atoms with van der Waals surface area (Å²) in [7, 11) is 0. The molecule has 1 amide bonds. The van der Waals surface area contributed by atoms with Gasteiger partial charge in [-0.3, -0.25) is 9.59 Å². The van der Waals surface area contributed by atoms with Crippen molar-refractivity contribution in [2.75, 3.05) is 6.54 Å². The van der Waals surface area contributed by atoms with Gasteiger partial charge < -0.3 is 10.3 Å². The van der Waals surface area contributed by atoms with E-state index in [-0.39, 0.29) is 23.0 Å². The Labute approximate surface area is 132 Å². The summed E-state index contributed by atoms with van der Waals surface area (Å²) in [6.07, 6.45) is 0.587. The van der Waals surface area contributed by atoms with Crippen LogP contribution in [0.15, 0.2) is 59.4 Å². The molecule has 0 radical (unpaired) electrons. The van der Waals surface area contributed by atoms with Crippen molar-refractivity contribution in [3.63, 3.8) is 0 Å². The molecule has 0 spiro atoms. The molecular formula is C18H15FN2O2. The number of rotatable bonds is 4. The van der Waals surface area contributed by atoms with Crippen molar-refractivity contribution < 1.29 is 9.18 Å². The lowest BCUT2D eigenvalue weighted by Crippen LogP contribution is -2.28. The average Bonchev–Trinajstić information content (AvgIpc) is 2.56. The Bertz CT molecular complexity index is 901. The Balaban J connectivity index is 1.68. The number of hydrogen-bond donors (Lipinski definition) is 2. The summed E-state index contributed by atoms with van der Waals surface area (Å²) in [6, 6.07) is 14.9. The average molecular weight is 310 g/mol. The Morgan fingerprint density at radius 3 is 2.61 bits per heavy atom. The lowest BCUT2D eigenvalue weighted by Gasteiger charge is -2.06. The van der Waals surface area contributed by atoms with Crippen LogP contribution in [-0.4, -0.2) is 17.4 Å². The predicted molar refractivity (Wildman–Crippen MR) is 87.0 cm³/mol. The molecule has 0 unspecified atom stereocenters. The predicted octanol–water partition coefficient (Wildman–Crippen LogP) is 2.64. The molecule has 0 aliphatic heterocycles. The molecule has 0 atom stereocenters. The first-order valence-corrected chi connectivity index (χ1v) is 7.28. The van der Waals surface area contributed by atoms with Gasteiger partial charge in [-0.25, -0.2) is 4.39 Å². The molecule has 5 heteroatoms. The van der Waals surface area contributed by atoms with Gasteiger partial charge in [-0.15, -0.1) is 0 Å². The number of pyridine rings is 1. The number of carbonyl (C=O) groups excluding carboxylic acids is 1. The minimum atomic E-state index is -0.338. The lowest BCUT2D eigenvalue weighted by molar-refractivity contribution is 0.0949. The molecule has 0 saturated heterocycles. The first-order chi connectivity index (χ1) is 11.1. The maximum atomic E-state index is 12.8. The summed E-state index contributed by atoms with van der Waals surface area (Å²) < 4.78 is 12.8. The topological polar surface area (TPSA) is 62.0 Å². The Hall–Kier alpha value is -2.95. The second-order valence-electron chi connectivity index (χ2n) is 5.23. The van der Waals surface area contributed by atoms with Crippen molar-refractivity contribution >= 4 is 16.7 Å². The molecule has 116 valence electrons. The van der Waals surface area contributed by atoms with Crippen LogP contribution in [0.3, 0.4) is 0 Å². The Morgan fingerprint density at radius 1 is 1.09 bits per heavy atom.